The van der Waals surface area contributed by atoms with Crippen LogP contribution in [0, 0.1) is 11.8 Å². The predicted molar refractivity (Wildman–Crippen MR) is 59.9 cm³/mol. The van der Waals surface area contributed by atoms with Crippen molar-refractivity contribution in [1.29, 1.82) is 0 Å². The van der Waals surface area contributed by atoms with E-state index in [0.717, 1.165) is 24.6 Å². The molecule has 0 spiro atoms. The zero-order valence-corrected chi connectivity index (χ0v) is 10.2. The Morgan fingerprint density at radius 3 is 2.29 bits per heavy atom. The van der Waals surface area contributed by atoms with E-state index in [1.165, 1.54) is 11.8 Å². The molecular formula is C11H13NO4S. The largest absolute Gasteiger partial charge is 0.373 e. The average Bonchev–Trinajstić information content (AvgIpc) is 2.92. The minimum Gasteiger partial charge on any atom is -0.373 e. The summed E-state index contributed by atoms with van der Waals surface area (Å²) in [6.07, 6.45) is 1.60. The topological polar surface area (TPSA) is 63.7 Å². The monoisotopic (exact) mass is 255 g/mol. The number of likely N-dealkylation sites (tertiary alicyclic amines) is 1. The van der Waals surface area contributed by atoms with Gasteiger partial charge in [0, 0.05) is 6.92 Å². The third-order valence-corrected chi connectivity index (χ3v) is 4.57. The normalized spacial score (nSPS) is 39.0. The van der Waals surface area contributed by atoms with Crippen molar-refractivity contribution in [2.75, 3.05) is 5.88 Å². The van der Waals surface area contributed by atoms with Gasteiger partial charge in [0.2, 0.25) is 11.8 Å². The highest BCUT2D eigenvalue weighted by Gasteiger charge is 2.62. The Morgan fingerprint density at radius 2 is 1.82 bits per heavy atom. The Labute approximate surface area is 103 Å². The highest BCUT2D eigenvalue weighted by molar-refractivity contribution is 8.13. The standard InChI is InChI=1S/C11H13NO4S/c1-5(13)17-4-12-10(14)8-6-2-3-7(16-6)9(8)11(12)15/h6-9H,2-4H2,1H3. The van der Waals surface area contributed by atoms with E-state index in [1.807, 2.05) is 0 Å². The van der Waals surface area contributed by atoms with E-state index in [1.54, 1.807) is 0 Å². The number of nitrogens with zero attached hydrogens (tertiary/aromatic N) is 1. The number of fused-ring (bicyclic) bond motifs is 5. The second kappa shape index (κ2) is 3.81. The summed E-state index contributed by atoms with van der Waals surface area (Å²) in [7, 11) is 0. The van der Waals surface area contributed by atoms with Gasteiger partial charge >= 0.3 is 0 Å². The molecule has 5 nitrogen and oxygen atoms in total. The highest BCUT2D eigenvalue weighted by atomic mass is 32.2. The summed E-state index contributed by atoms with van der Waals surface area (Å²) >= 11 is 1.00. The Morgan fingerprint density at radius 1 is 1.29 bits per heavy atom. The lowest BCUT2D eigenvalue weighted by Gasteiger charge is -2.15. The van der Waals surface area contributed by atoms with E-state index in [0.29, 0.717) is 0 Å². The molecule has 6 heteroatoms. The first kappa shape index (κ1) is 11.2. The van der Waals surface area contributed by atoms with Gasteiger partial charge in [0.25, 0.3) is 0 Å². The number of carbonyl (C=O) groups excluding carboxylic acids is 3. The zero-order chi connectivity index (χ0) is 12.2. The SMILES string of the molecule is CC(=O)SCN1C(=O)C2C3CCC(O3)C2C1=O. The molecule has 17 heavy (non-hydrogen) atoms. The van der Waals surface area contributed by atoms with E-state index in [-0.39, 0.29) is 46.9 Å². The molecule has 0 saturated carbocycles. The number of ether oxygens (including phenoxy) is 1. The van der Waals surface area contributed by atoms with Crippen LogP contribution in [0.2, 0.25) is 0 Å². The maximum Gasteiger partial charge on any atom is 0.236 e. The van der Waals surface area contributed by atoms with Crippen LogP contribution < -0.4 is 0 Å². The van der Waals surface area contributed by atoms with Gasteiger partial charge in [-0.2, -0.15) is 0 Å². The third-order valence-electron chi connectivity index (χ3n) is 3.77. The van der Waals surface area contributed by atoms with Crippen LogP contribution in [-0.2, 0) is 19.1 Å². The van der Waals surface area contributed by atoms with Crippen molar-refractivity contribution in [2.24, 2.45) is 11.8 Å². The number of rotatable bonds is 2. The zero-order valence-electron chi connectivity index (χ0n) is 9.42. The second-order valence-electron chi connectivity index (χ2n) is 4.71. The van der Waals surface area contributed by atoms with Crippen LogP contribution in [0.3, 0.4) is 0 Å². The smallest absolute Gasteiger partial charge is 0.236 e. The van der Waals surface area contributed by atoms with Gasteiger partial charge in [-0.25, -0.2) is 0 Å². The maximum absolute atomic E-state index is 12.1. The fourth-order valence-corrected chi connectivity index (χ4v) is 3.62. The van der Waals surface area contributed by atoms with Crippen LogP contribution in [-0.4, -0.2) is 39.9 Å². The molecule has 4 atom stereocenters. The Bertz CT molecular complexity index is 382. The third kappa shape index (κ3) is 1.54. The molecule has 92 valence electrons. The second-order valence-corrected chi connectivity index (χ2v) is 5.83. The summed E-state index contributed by atoms with van der Waals surface area (Å²) in [4.78, 5) is 36.3. The first-order chi connectivity index (χ1) is 8.09. The van der Waals surface area contributed by atoms with Gasteiger partial charge < -0.3 is 4.74 Å². The van der Waals surface area contributed by atoms with Gasteiger partial charge in [-0.1, -0.05) is 11.8 Å². The van der Waals surface area contributed by atoms with Gasteiger partial charge in [0.05, 0.1) is 29.9 Å². The highest BCUT2D eigenvalue weighted by Crippen LogP contribution is 2.48. The van der Waals surface area contributed by atoms with Crippen molar-refractivity contribution in [3.05, 3.63) is 0 Å². The summed E-state index contributed by atoms with van der Waals surface area (Å²) in [5.41, 5.74) is 0. The van der Waals surface area contributed by atoms with Gasteiger partial charge in [-0.15, -0.1) is 0 Å². The lowest BCUT2D eigenvalue weighted by molar-refractivity contribution is -0.141. The molecule has 0 aromatic heterocycles. The summed E-state index contributed by atoms with van der Waals surface area (Å²) in [5.74, 6) is -0.719. The van der Waals surface area contributed by atoms with Crippen molar-refractivity contribution in [2.45, 2.75) is 32.0 Å². The van der Waals surface area contributed by atoms with Crippen molar-refractivity contribution < 1.29 is 19.1 Å². The van der Waals surface area contributed by atoms with Crippen molar-refractivity contribution in [3.63, 3.8) is 0 Å². The van der Waals surface area contributed by atoms with Crippen LogP contribution in [0.25, 0.3) is 0 Å². The van der Waals surface area contributed by atoms with Crippen molar-refractivity contribution in [1.82, 2.24) is 4.90 Å². The van der Waals surface area contributed by atoms with Crippen LogP contribution >= 0.6 is 11.8 Å². The molecule has 0 aliphatic carbocycles. The first-order valence-corrected chi connectivity index (χ1v) is 6.72. The predicted octanol–water partition coefficient (Wildman–Crippen LogP) is 0.386. The van der Waals surface area contributed by atoms with E-state index >= 15 is 0 Å². The molecule has 3 fully saturated rings. The average molecular weight is 255 g/mol. The van der Waals surface area contributed by atoms with Crippen LogP contribution in [0.4, 0.5) is 0 Å². The lowest BCUT2D eigenvalue weighted by atomic mass is 9.81. The van der Waals surface area contributed by atoms with Crippen molar-refractivity contribution in [3.8, 4) is 0 Å². The number of carbonyl (C=O) groups is 3. The summed E-state index contributed by atoms with van der Waals surface area (Å²) in [6, 6.07) is 0. The quantitative estimate of drug-likeness (QED) is 0.668. The van der Waals surface area contributed by atoms with Gasteiger partial charge in [0.15, 0.2) is 5.12 Å². The summed E-state index contributed by atoms with van der Waals surface area (Å²) in [6.45, 7) is 1.43. The number of amides is 2. The summed E-state index contributed by atoms with van der Waals surface area (Å²) in [5, 5.41) is -0.0816. The van der Waals surface area contributed by atoms with Gasteiger partial charge in [0.1, 0.15) is 0 Å². The van der Waals surface area contributed by atoms with E-state index in [4.69, 9.17) is 4.74 Å². The van der Waals surface area contributed by atoms with Gasteiger partial charge in [-0.05, 0) is 12.8 Å². The number of thioether (sulfide) groups is 1. The maximum atomic E-state index is 12.1. The van der Waals surface area contributed by atoms with Crippen LogP contribution in [0.15, 0.2) is 0 Å². The molecule has 0 aromatic rings. The number of hydrogen-bond donors (Lipinski definition) is 0. The molecule has 0 N–H and O–H groups in total. The summed E-state index contributed by atoms with van der Waals surface area (Å²) < 4.78 is 5.61. The molecule has 0 aromatic carbocycles. The van der Waals surface area contributed by atoms with E-state index in [9.17, 15) is 14.4 Å². The van der Waals surface area contributed by atoms with E-state index < -0.39 is 0 Å². The minimum absolute atomic E-state index is 0.0752. The molecule has 2 bridgehead atoms. The Balaban J connectivity index is 1.78. The molecular weight excluding hydrogens is 242 g/mol. The molecule has 3 heterocycles. The van der Waals surface area contributed by atoms with Crippen molar-refractivity contribution >= 4 is 28.7 Å². The molecule has 2 amide bonds. The molecule has 3 aliphatic heterocycles. The number of imide groups is 1. The molecule has 3 rings (SSSR count). The lowest BCUT2D eigenvalue weighted by Crippen LogP contribution is -2.34. The molecule has 3 aliphatic rings. The first-order valence-electron chi connectivity index (χ1n) is 5.73. The van der Waals surface area contributed by atoms with Gasteiger partial charge in [-0.3, -0.25) is 19.3 Å². The molecule has 4 unspecified atom stereocenters. The Kier molecular flexibility index (Phi) is 2.52. The number of hydrogen-bond acceptors (Lipinski definition) is 5. The fraction of sp³-hybridized carbons (Fsp3) is 0.727. The van der Waals surface area contributed by atoms with E-state index in [2.05, 4.69) is 0 Å². The van der Waals surface area contributed by atoms with Crippen LogP contribution in [0.1, 0.15) is 19.8 Å². The fourth-order valence-electron chi connectivity index (χ4n) is 3.06. The Hall–Kier alpha value is -0.880. The molecule has 0 radical (unpaired) electrons. The van der Waals surface area contributed by atoms with Crippen LogP contribution in [0.5, 0.6) is 0 Å². The molecule has 3 saturated heterocycles. The minimum atomic E-state index is -0.284.